The number of phenols is 1. The first-order chi connectivity index (χ1) is 15.0. The van der Waals surface area contributed by atoms with Gasteiger partial charge in [-0.2, -0.15) is 5.26 Å². The number of ether oxygens (including phenoxy) is 3. The lowest BCUT2D eigenvalue weighted by molar-refractivity contribution is -0.142. The van der Waals surface area contributed by atoms with E-state index in [9.17, 15) is 14.7 Å². The van der Waals surface area contributed by atoms with Crippen LogP contribution in [0.3, 0.4) is 0 Å². The zero-order valence-electron chi connectivity index (χ0n) is 17.4. The molecule has 0 atom stereocenters. The average Bonchev–Trinajstić information content (AvgIpc) is 2.78. The molecule has 1 amide bonds. The van der Waals surface area contributed by atoms with E-state index in [1.54, 1.807) is 36.4 Å². The molecule has 2 aromatic rings. The van der Waals surface area contributed by atoms with Crippen molar-refractivity contribution in [2.24, 2.45) is 0 Å². The molecule has 8 heteroatoms. The van der Waals surface area contributed by atoms with Crippen molar-refractivity contribution < 1.29 is 28.9 Å². The second-order valence-electron chi connectivity index (χ2n) is 6.25. The number of esters is 1. The number of phenolic OH excluding ortho intramolecular Hbond substituents is 1. The van der Waals surface area contributed by atoms with Gasteiger partial charge < -0.3 is 24.2 Å². The predicted molar refractivity (Wildman–Crippen MR) is 115 cm³/mol. The Morgan fingerprint density at radius 1 is 1.19 bits per heavy atom. The highest BCUT2D eigenvalue weighted by Gasteiger charge is 2.17. The summed E-state index contributed by atoms with van der Waals surface area (Å²) in [6, 6.07) is 13.5. The molecule has 0 bridgehead atoms. The van der Waals surface area contributed by atoms with Crippen LogP contribution in [0.1, 0.15) is 18.9 Å². The Hall–Kier alpha value is -3.99. The van der Waals surface area contributed by atoms with E-state index in [1.165, 1.54) is 30.2 Å². The maximum atomic E-state index is 12.6. The zero-order valence-corrected chi connectivity index (χ0v) is 17.4. The Kier molecular flexibility index (Phi) is 8.92. The third kappa shape index (κ3) is 7.08. The van der Waals surface area contributed by atoms with Crippen molar-refractivity contribution in [3.05, 3.63) is 54.1 Å². The van der Waals surface area contributed by atoms with Gasteiger partial charge >= 0.3 is 5.97 Å². The second kappa shape index (κ2) is 11.9. The summed E-state index contributed by atoms with van der Waals surface area (Å²) in [6.45, 7) is 2.10. The van der Waals surface area contributed by atoms with E-state index >= 15 is 0 Å². The molecule has 0 heterocycles. The standard InChI is InChI=1S/C23H24N2O6/c1-3-30-19-9-7-18(8-10-19)25(14-4-13-24)22(27)16-31-23(28)12-6-17-5-11-20(26)21(15-17)29-2/h5-12,15,26H,3-4,14,16H2,1-2H3/b12-6+. The molecule has 0 unspecified atom stereocenters. The maximum absolute atomic E-state index is 12.6. The smallest absolute Gasteiger partial charge is 0.331 e. The van der Waals surface area contributed by atoms with Crippen molar-refractivity contribution in [2.75, 3.05) is 31.8 Å². The Morgan fingerprint density at radius 3 is 2.58 bits per heavy atom. The van der Waals surface area contributed by atoms with E-state index in [2.05, 4.69) is 0 Å². The number of aromatic hydroxyl groups is 1. The number of amides is 1. The van der Waals surface area contributed by atoms with Crippen LogP contribution >= 0.6 is 0 Å². The third-order valence-corrected chi connectivity index (χ3v) is 4.16. The fraction of sp³-hybridized carbons (Fsp3) is 0.261. The van der Waals surface area contributed by atoms with Gasteiger partial charge in [0, 0.05) is 18.3 Å². The number of rotatable bonds is 10. The number of anilines is 1. The van der Waals surface area contributed by atoms with Gasteiger partial charge in [-0.15, -0.1) is 0 Å². The maximum Gasteiger partial charge on any atom is 0.331 e. The van der Waals surface area contributed by atoms with Gasteiger partial charge in [0.1, 0.15) is 5.75 Å². The van der Waals surface area contributed by atoms with Crippen molar-refractivity contribution in [3.63, 3.8) is 0 Å². The highest BCUT2D eigenvalue weighted by molar-refractivity contribution is 5.96. The summed E-state index contributed by atoms with van der Waals surface area (Å²) in [4.78, 5) is 26.0. The molecule has 0 aromatic heterocycles. The molecule has 0 saturated heterocycles. The summed E-state index contributed by atoms with van der Waals surface area (Å²) in [5.41, 5.74) is 1.19. The Labute approximate surface area is 180 Å². The summed E-state index contributed by atoms with van der Waals surface area (Å²) in [7, 11) is 1.42. The molecule has 0 saturated carbocycles. The van der Waals surface area contributed by atoms with Gasteiger partial charge in [0.25, 0.3) is 5.91 Å². The zero-order chi connectivity index (χ0) is 22.6. The average molecular weight is 424 g/mol. The SMILES string of the molecule is CCOc1ccc(N(CCC#N)C(=O)COC(=O)/C=C/c2ccc(O)c(OC)c2)cc1. The van der Waals surface area contributed by atoms with Crippen LogP contribution < -0.4 is 14.4 Å². The number of carbonyl (C=O) groups excluding carboxylic acids is 2. The molecule has 0 fully saturated rings. The molecule has 0 aliphatic rings. The summed E-state index contributed by atoms with van der Waals surface area (Å²) in [6.07, 6.45) is 2.79. The molecule has 2 rings (SSSR count). The monoisotopic (exact) mass is 424 g/mol. The summed E-state index contributed by atoms with van der Waals surface area (Å²) >= 11 is 0. The van der Waals surface area contributed by atoms with Crippen molar-refractivity contribution in [1.82, 2.24) is 0 Å². The molecule has 0 radical (unpaired) electrons. The fourth-order valence-electron chi connectivity index (χ4n) is 2.67. The third-order valence-electron chi connectivity index (χ3n) is 4.16. The Bertz CT molecular complexity index is 963. The van der Waals surface area contributed by atoms with Crippen molar-refractivity contribution in [3.8, 4) is 23.3 Å². The molecule has 31 heavy (non-hydrogen) atoms. The number of hydrogen-bond donors (Lipinski definition) is 1. The first-order valence-corrected chi connectivity index (χ1v) is 9.60. The molecule has 0 spiro atoms. The first kappa shape index (κ1) is 23.3. The Balaban J connectivity index is 1.99. The van der Waals surface area contributed by atoms with Gasteiger partial charge in [0.2, 0.25) is 0 Å². The van der Waals surface area contributed by atoms with Crippen LogP contribution in [0.5, 0.6) is 17.2 Å². The number of benzene rings is 2. The molecule has 0 aliphatic carbocycles. The predicted octanol–water partition coefficient (Wildman–Crippen LogP) is 3.30. The number of hydrogen-bond acceptors (Lipinski definition) is 7. The topological polar surface area (TPSA) is 109 Å². The van der Waals surface area contributed by atoms with Gasteiger partial charge in [-0.25, -0.2) is 4.79 Å². The van der Waals surface area contributed by atoms with Crippen molar-refractivity contribution >= 4 is 23.6 Å². The quantitative estimate of drug-likeness (QED) is 0.460. The van der Waals surface area contributed by atoms with E-state index < -0.39 is 18.5 Å². The minimum absolute atomic E-state index is 0.0143. The van der Waals surface area contributed by atoms with Crippen LogP contribution in [0.25, 0.3) is 6.08 Å². The lowest BCUT2D eigenvalue weighted by atomic mass is 10.2. The highest BCUT2D eigenvalue weighted by atomic mass is 16.5. The largest absolute Gasteiger partial charge is 0.504 e. The van der Waals surface area contributed by atoms with Crippen LogP contribution in [0.4, 0.5) is 5.69 Å². The Morgan fingerprint density at radius 2 is 1.94 bits per heavy atom. The van der Waals surface area contributed by atoms with Crippen LogP contribution in [-0.4, -0.2) is 43.9 Å². The van der Waals surface area contributed by atoms with E-state index in [1.807, 2.05) is 13.0 Å². The lowest BCUT2D eigenvalue weighted by Gasteiger charge is -2.21. The number of carbonyl (C=O) groups is 2. The summed E-state index contributed by atoms with van der Waals surface area (Å²) in [5, 5.41) is 18.5. The van der Waals surface area contributed by atoms with Crippen LogP contribution in [0, 0.1) is 11.3 Å². The lowest BCUT2D eigenvalue weighted by Crippen LogP contribution is -2.35. The molecule has 2 aromatic carbocycles. The van der Waals surface area contributed by atoms with Gasteiger partial charge in [-0.05, 0) is 55.0 Å². The van der Waals surface area contributed by atoms with E-state index in [-0.39, 0.29) is 24.5 Å². The first-order valence-electron chi connectivity index (χ1n) is 9.60. The van der Waals surface area contributed by atoms with Gasteiger partial charge in [0.15, 0.2) is 18.1 Å². The second-order valence-corrected chi connectivity index (χ2v) is 6.25. The number of methoxy groups -OCH3 is 1. The minimum atomic E-state index is -0.702. The molecule has 0 aliphatic heterocycles. The van der Waals surface area contributed by atoms with Crippen LogP contribution in [0.15, 0.2) is 48.5 Å². The summed E-state index contributed by atoms with van der Waals surface area (Å²) < 4.78 is 15.4. The summed E-state index contributed by atoms with van der Waals surface area (Å²) in [5.74, 6) is -0.227. The number of nitriles is 1. The van der Waals surface area contributed by atoms with E-state index in [4.69, 9.17) is 19.5 Å². The van der Waals surface area contributed by atoms with Crippen molar-refractivity contribution in [2.45, 2.75) is 13.3 Å². The fourth-order valence-corrected chi connectivity index (χ4v) is 2.67. The van der Waals surface area contributed by atoms with Gasteiger partial charge in [0.05, 0.1) is 26.2 Å². The van der Waals surface area contributed by atoms with E-state index in [0.29, 0.717) is 23.6 Å². The van der Waals surface area contributed by atoms with Crippen LogP contribution in [-0.2, 0) is 14.3 Å². The van der Waals surface area contributed by atoms with Gasteiger partial charge in [-0.1, -0.05) is 6.07 Å². The highest BCUT2D eigenvalue weighted by Crippen LogP contribution is 2.26. The molecule has 162 valence electrons. The van der Waals surface area contributed by atoms with Crippen LogP contribution in [0.2, 0.25) is 0 Å². The molecule has 8 nitrogen and oxygen atoms in total. The molecule has 1 N–H and O–H groups in total. The van der Waals surface area contributed by atoms with E-state index in [0.717, 1.165) is 0 Å². The minimum Gasteiger partial charge on any atom is -0.504 e. The molecular weight excluding hydrogens is 400 g/mol. The molecular formula is C23H24N2O6. The van der Waals surface area contributed by atoms with Crippen molar-refractivity contribution in [1.29, 1.82) is 5.26 Å². The normalized spacial score (nSPS) is 10.4. The van der Waals surface area contributed by atoms with Gasteiger partial charge in [-0.3, -0.25) is 4.79 Å². The number of nitrogens with zero attached hydrogens (tertiary/aromatic N) is 2.